The van der Waals surface area contributed by atoms with Crippen LogP contribution in [-0.2, 0) is 5.92 Å². The fourth-order valence-corrected chi connectivity index (χ4v) is 0.934. The first kappa shape index (κ1) is 10.1. The molecule has 0 fully saturated rings. The lowest BCUT2D eigenvalue weighted by atomic mass is 10.3. The van der Waals surface area contributed by atoms with Crippen LogP contribution < -0.4 is 5.32 Å². The van der Waals surface area contributed by atoms with Gasteiger partial charge in [0.15, 0.2) is 5.82 Å². The Morgan fingerprint density at radius 2 is 2.23 bits per heavy atom. The zero-order valence-corrected chi connectivity index (χ0v) is 7.86. The average Bonchev–Trinajstić information content (AvgIpc) is 2.50. The molecule has 1 atom stereocenters. The van der Waals surface area contributed by atoms with Crippen molar-refractivity contribution in [3.05, 3.63) is 17.7 Å². The van der Waals surface area contributed by atoms with Crippen molar-refractivity contribution in [3.63, 3.8) is 0 Å². The molecule has 1 aromatic rings. The third-order valence-corrected chi connectivity index (χ3v) is 1.91. The lowest BCUT2D eigenvalue weighted by molar-refractivity contribution is 0.00844. The van der Waals surface area contributed by atoms with Crippen LogP contribution in [0.1, 0.15) is 31.4 Å². The highest BCUT2D eigenvalue weighted by Gasteiger charge is 2.28. The molecule has 2 N–H and O–H groups in total. The first-order valence-electron chi connectivity index (χ1n) is 4.05. The first-order chi connectivity index (χ1) is 5.95. The number of hydrogen-bond acceptors (Lipinski definition) is 2. The Kier molecular flexibility index (Phi) is 2.66. The number of nitrogens with zero attached hydrogens (tertiary/aromatic N) is 1. The van der Waals surface area contributed by atoms with Crippen LogP contribution in [0.2, 0.25) is 0 Å². The lowest BCUT2D eigenvalue weighted by Gasteiger charge is -2.08. The lowest BCUT2D eigenvalue weighted by Crippen LogP contribution is -2.14. The molecule has 0 radical (unpaired) electrons. The van der Waals surface area contributed by atoms with Crippen molar-refractivity contribution in [2.45, 2.75) is 25.8 Å². The smallest absolute Gasteiger partial charge is 0.301 e. The van der Waals surface area contributed by atoms with E-state index in [4.69, 9.17) is 0 Å². The van der Waals surface area contributed by atoms with E-state index in [0.29, 0.717) is 5.69 Å². The van der Waals surface area contributed by atoms with Crippen molar-refractivity contribution in [2.75, 3.05) is 7.05 Å². The summed E-state index contributed by atoms with van der Waals surface area (Å²) in [6.45, 7) is 2.69. The third kappa shape index (κ3) is 2.24. The second-order valence-electron chi connectivity index (χ2n) is 3.09. The van der Waals surface area contributed by atoms with E-state index < -0.39 is 5.92 Å². The van der Waals surface area contributed by atoms with Crippen molar-refractivity contribution >= 4 is 0 Å². The summed E-state index contributed by atoms with van der Waals surface area (Å²) in [5.41, 5.74) is 0.666. The first-order valence-corrected chi connectivity index (χ1v) is 4.05. The summed E-state index contributed by atoms with van der Waals surface area (Å²) >= 11 is 0. The second-order valence-corrected chi connectivity index (χ2v) is 3.09. The van der Waals surface area contributed by atoms with E-state index in [1.807, 2.05) is 6.92 Å². The second kappa shape index (κ2) is 3.41. The van der Waals surface area contributed by atoms with Crippen molar-refractivity contribution in [2.24, 2.45) is 0 Å². The molecule has 74 valence electrons. The van der Waals surface area contributed by atoms with Gasteiger partial charge in [-0.1, -0.05) is 0 Å². The summed E-state index contributed by atoms with van der Waals surface area (Å²) in [7, 11) is 1.76. The molecule has 0 aliphatic rings. The Labute approximate surface area is 75.6 Å². The topological polar surface area (TPSA) is 40.7 Å². The van der Waals surface area contributed by atoms with Crippen LogP contribution in [0.15, 0.2) is 6.20 Å². The molecular formula is C8H13F2N3. The molecule has 3 nitrogen and oxygen atoms in total. The highest BCUT2D eigenvalue weighted by Crippen LogP contribution is 2.24. The number of nitrogens with one attached hydrogen (secondary N) is 2. The van der Waals surface area contributed by atoms with Crippen molar-refractivity contribution in [1.29, 1.82) is 0 Å². The molecule has 0 spiro atoms. The van der Waals surface area contributed by atoms with Crippen LogP contribution >= 0.6 is 0 Å². The van der Waals surface area contributed by atoms with Crippen molar-refractivity contribution in [3.8, 4) is 0 Å². The minimum absolute atomic E-state index is 0.00333. The molecule has 1 heterocycles. The largest absolute Gasteiger partial charge is 0.340 e. The van der Waals surface area contributed by atoms with E-state index in [0.717, 1.165) is 6.92 Å². The Hall–Kier alpha value is -0.970. The van der Waals surface area contributed by atoms with Crippen LogP contribution in [0.4, 0.5) is 8.78 Å². The van der Waals surface area contributed by atoms with Crippen LogP contribution in [0.5, 0.6) is 0 Å². The summed E-state index contributed by atoms with van der Waals surface area (Å²) in [6.07, 6.45) is 1.42. The number of hydrogen-bond donors (Lipinski definition) is 2. The number of H-pyrrole nitrogens is 1. The number of halogens is 2. The van der Waals surface area contributed by atoms with Gasteiger partial charge in [0.05, 0.1) is 11.9 Å². The maximum atomic E-state index is 12.7. The number of alkyl halides is 2. The summed E-state index contributed by atoms with van der Waals surface area (Å²) < 4.78 is 25.4. The molecule has 0 aliphatic heterocycles. The van der Waals surface area contributed by atoms with E-state index in [1.54, 1.807) is 7.05 Å². The normalized spacial score (nSPS) is 14.5. The van der Waals surface area contributed by atoms with Gasteiger partial charge in [0.25, 0.3) is 0 Å². The molecule has 0 aromatic carbocycles. The summed E-state index contributed by atoms with van der Waals surface area (Å²) in [5, 5.41) is 2.93. The van der Waals surface area contributed by atoms with Gasteiger partial charge in [-0.05, 0) is 14.0 Å². The number of aromatic amines is 1. The third-order valence-electron chi connectivity index (χ3n) is 1.91. The van der Waals surface area contributed by atoms with Gasteiger partial charge in [0, 0.05) is 13.0 Å². The molecule has 1 rings (SSSR count). The SMILES string of the molecule is CNC(C)c1cnc(C(C)(F)F)[nH]1. The zero-order valence-electron chi connectivity index (χ0n) is 7.86. The molecule has 1 aromatic heterocycles. The predicted octanol–water partition coefficient (Wildman–Crippen LogP) is 1.80. The number of rotatable bonds is 3. The fraction of sp³-hybridized carbons (Fsp3) is 0.625. The molecular weight excluding hydrogens is 176 g/mol. The highest BCUT2D eigenvalue weighted by molar-refractivity contribution is 5.08. The maximum absolute atomic E-state index is 12.7. The predicted molar refractivity (Wildman–Crippen MR) is 45.6 cm³/mol. The van der Waals surface area contributed by atoms with Gasteiger partial charge in [-0.25, -0.2) is 4.98 Å². The fourth-order valence-electron chi connectivity index (χ4n) is 0.934. The van der Waals surface area contributed by atoms with E-state index in [1.165, 1.54) is 6.20 Å². The minimum atomic E-state index is -2.90. The van der Waals surface area contributed by atoms with Gasteiger partial charge in [-0.3, -0.25) is 0 Å². The molecule has 1 unspecified atom stereocenters. The number of aromatic nitrogens is 2. The van der Waals surface area contributed by atoms with Crippen molar-refractivity contribution < 1.29 is 8.78 Å². The van der Waals surface area contributed by atoms with Crippen LogP contribution in [0.25, 0.3) is 0 Å². The summed E-state index contributed by atoms with van der Waals surface area (Å²) in [6, 6.07) is 0.00333. The number of imidazole rings is 1. The monoisotopic (exact) mass is 189 g/mol. The van der Waals surface area contributed by atoms with E-state index in [9.17, 15) is 8.78 Å². The minimum Gasteiger partial charge on any atom is -0.340 e. The zero-order chi connectivity index (χ0) is 10.1. The summed E-state index contributed by atoms with van der Waals surface area (Å²) in [5.74, 6) is -3.18. The van der Waals surface area contributed by atoms with Gasteiger partial charge < -0.3 is 10.3 Å². The van der Waals surface area contributed by atoms with E-state index in [2.05, 4.69) is 15.3 Å². The van der Waals surface area contributed by atoms with Crippen molar-refractivity contribution in [1.82, 2.24) is 15.3 Å². The molecule has 0 saturated heterocycles. The molecule has 0 saturated carbocycles. The van der Waals surface area contributed by atoms with Crippen LogP contribution in [0.3, 0.4) is 0 Å². The Morgan fingerprint density at radius 1 is 1.62 bits per heavy atom. The Bertz CT molecular complexity index is 277. The Balaban J connectivity index is 2.87. The highest BCUT2D eigenvalue weighted by atomic mass is 19.3. The molecule has 0 amide bonds. The van der Waals surface area contributed by atoms with E-state index in [-0.39, 0.29) is 11.9 Å². The molecule has 0 aliphatic carbocycles. The quantitative estimate of drug-likeness (QED) is 0.761. The summed E-state index contributed by atoms with van der Waals surface area (Å²) in [4.78, 5) is 6.19. The van der Waals surface area contributed by atoms with E-state index >= 15 is 0 Å². The van der Waals surface area contributed by atoms with Gasteiger partial charge in [0.1, 0.15) is 0 Å². The molecule has 13 heavy (non-hydrogen) atoms. The van der Waals surface area contributed by atoms with Gasteiger partial charge in [-0.15, -0.1) is 0 Å². The molecule has 0 bridgehead atoms. The maximum Gasteiger partial charge on any atom is 0.301 e. The Morgan fingerprint density at radius 3 is 2.62 bits per heavy atom. The van der Waals surface area contributed by atoms with Gasteiger partial charge in [0.2, 0.25) is 0 Å². The average molecular weight is 189 g/mol. The van der Waals surface area contributed by atoms with Crippen LogP contribution in [0, 0.1) is 0 Å². The van der Waals surface area contributed by atoms with Gasteiger partial charge in [-0.2, -0.15) is 8.78 Å². The standard InChI is InChI=1S/C8H13F2N3/c1-5(11-3)6-4-12-7(13-6)8(2,9)10/h4-5,11H,1-3H3,(H,12,13). The van der Waals surface area contributed by atoms with Crippen LogP contribution in [-0.4, -0.2) is 17.0 Å². The van der Waals surface area contributed by atoms with Gasteiger partial charge >= 0.3 is 5.92 Å². The molecule has 5 heteroatoms.